The van der Waals surface area contributed by atoms with Gasteiger partial charge in [-0.05, 0) is 73.4 Å². The van der Waals surface area contributed by atoms with E-state index in [2.05, 4.69) is 35.0 Å². The van der Waals surface area contributed by atoms with Crippen LogP contribution < -0.4 is 5.32 Å². The van der Waals surface area contributed by atoms with E-state index < -0.39 is 0 Å². The first-order chi connectivity index (χ1) is 11.1. The van der Waals surface area contributed by atoms with Crippen LogP contribution in [0.2, 0.25) is 0 Å². The Morgan fingerprint density at radius 3 is 2.48 bits per heavy atom. The van der Waals surface area contributed by atoms with Crippen molar-refractivity contribution in [3.05, 3.63) is 46.5 Å². The highest BCUT2D eigenvalue weighted by molar-refractivity contribution is 7.17. The number of hydrogen-bond donors (Lipinski definition) is 1. The lowest BCUT2D eigenvalue weighted by molar-refractivity contribution is -0.120. The summed E-state index contributed by atoms with van der Waals surface area (Å²) in [6.07, 6.45) is 4.26. The van der Waals surface area contributed by atoms with E-state index in [1.807, 2.05) is 32.2 Å². The smallest absolute Gasteiger partial charge is 0.181 e. The molecule has 3 heteroatoms. The van der Waals surface area contributed by atoms with Gasteiger partial charge in [0.1, 0.15) is 0 Å². The molecule has 23 heavy (non-hydrogen) atoms. The van der Waals surface area contributed by atoms with Crippen molar-refractivity contribution in [2.75, 3.05) is 7.05 Å². The van der Waals surface area contributed by atoms with Crippen LogP contribution in [0.15, 0.2) is 40.9 Å². The number of benzene rings is 1. The molecule has 1 N–H and O–H groups in total. The van der Waals surface area contributed by atoms with Crippen LogP contribution in [0.5, 0.6) is 0 Å². The van der Waals surface area contributed by atoms with Gasteiger partial charge in [-0.25, -0.2) is 0 Å². The van der Waals surface area contributed by atoms with E-state index in [1.165, 1.54) is 15.6 Å². The average molecular weight is 327 g/mol. The third-order valence-corrected chi connectivity index (χ3v) is 6.03. The molecule has 2 nitrogen and oxygen atoms in total. The Balaban J connectivity index is 1.71. The van der Waals surface area contributed by atoms with E-state index in [0.29, 0.717) is 11.7 Å². The molecule has 0 aliphatic heterocycles. The summed E-state index contributed by atoms with van der Waals surface area (Å²) in [7, 11) is 1.85. The van der Waals surface area contributed by atoms with Crippen LogP contribution in [0.1, 0.15) is 51.0 Å². The lowest BCUT2D eigenvalue weighted by Crippen LogP contribution is -2.28. The van der Waals surface area contributed by atoms with Crippen molar-refractivity contribution in [3.63, 3.8) is 0 Å². The summed E-state index contributed by atoms with van der Waals surface area (Å²) in [5.74, 6) is 1.11. The second-order valence-electron chi connectivity index (χ2n) is 6.73. The van der Waals surface area contributed by atoms with E-state index in [0.717, 1.165) is 37.0 Å². The van der Waals surface area contributed by atoms with Crippen molar-refractivity contribution in [1.82, 2.24) is 5.32 Å². The third kappa shape index (κ3) is 3.20. The largest absolute Gasteiger partial charge is 0.385 e. The van der Waals surface area contributed by atoms with E-state index in [1.54, 1.807) is 0 Å². The standard InChI is InChI=1S/C20H25NOS/c1-13(2)19(21-3)20(22)15-10-8-14(9-11-15)17-12-23-18-7-5-4-6-16(17)18/h4-7,12,14-15,21H,8-11H2,1-3H3. The number of nitrogens with one attached hydrogen (secondary N) is 1. The molecule has 2 aromatic rings. The molecule has 0 amide bonds. The summed E-state index contributed by atoms with van der Waals surface area (Å²) >= 11 is 1.84. The Bertz CT molecular complexity index is 731. The Morgan fingerprint density at radius 1 is 1.13 bits per heavy atom. The molecule has 1 heterocycles. The number of thiophene rings is 1. The molecule has 1 aliphatic carbocycles. The third-order valence-electron chi connectivity index (χ3n) is 5.05. The molecular formula is C20H25NOS. The monoisotopic (exact) mass is 327 g/mol. The maximum absolute atomic E-state index is 12.7. The zero-order valence-corrected chi connectivity index (χ0v) is 15.0. The van der Waals surface area contributed by atoms with Crippen molar-refractivity contribution < 1.29 is 4.79 Å². The van der Waals surface area contributed by atoms with Gasteiger partial charge >= 0.3 is 0 Å². The Labute approximate surface area is 142 Å². The first kappa shape index (κ1) is 16.3. The molecule has 1 aromatic heterocycles. The average Bonchev–Trinajstić information content (AvgIpc) is 2.99. The number of ketones is 1. The maximum atomic E-state index is 12.7. The molecule has 3 rings (SSSR count). The highest BCUT2D eigenvalue weighted by atomic mass is 32.1. The molecule has 122 valence electrons. The molecule has 0 spiro atoms. The fraction of sp³-hybridized carbons (Fsp3) is 0.450. The van der Waals surface area contributed by atoms with Gasteiger partial charge in [0.05, 0.1) is 5.70 Å². The van der Waals surface area contributed by atoms with Crippen molar-refractivity contribution in [3.8, 4) is 0 Å². The molecule has 0 saturated heterocycles. The number of carbonyl (C=O) groups is 1. The molecule has 1 aromatic carbocycles. The van der Waals surface area contributed by atoms with Gasteiger partial charge in [0, 0.05) is 17.7 Å². The van der Waals surface area contributed by atoms with Crippen LogP contribution in [0, 0.1) is 5.92 Å². The van der Waals surface area contributed by atoms with Gasteiger partial charge in [0.25, 0.3) is 0 Å². The predicted molar refractivity (Wildman–Crippen MR) is 99.0 cm³/mol. The summed E-state index contributed by atoms with van der Waals surface area (Å²) in [6, 6.07) is 8.67. The van der Waals surface area contributed by atoms with Gasteiger partial charge in [-0.1, -0.05) is 18.2 Å². The number of likely N-dealkylation sites (N-methyl/N-ethyl adjacent to an activating group) is 1. The van der Waals surface area contributed by atoms with Crippen LogP contribution >= 0.6 is 11.3 Å². The van der Waals surface area contributed by atoms with Crippen LogP contribution in [-0.4, -0.2) is 12.8 Å². The van der Waals surface area contributed by atoms with E-state index in [4.69, 9.17) is 0 Å². The van der Waals surface area contributed by atoms with Crippen LogP contribution in [0.4, 0.5) is 0 Å². The van der Waals surface area contributed by atoms with Crippen molar-refractivity contribution in [2.24, 2.45) is 5.92 Å². The highest BCUT2D eigenvalue weighted by Crippen LogP contribution is 2.41. The Hall–Kier alpha value is -1.61. The predicted octanol–water partition coefficient (Wildman–Crippen LogP) is 5.26. The van der Waals surface area contributed by atoms with Crippen LogP contribution in [0.25, 0.3) is 10.1 Å². The normalized spacial score (nSPS) is 21.2. The topological polar surface area (TPSA) is 29.1 Å². The minimum atomic E-state index is 0.188. The second kappa shape index (κ2) is 6.88. The van der Waals surface area contributed by atoms with Crippen LogP contribution in [0.3, 0.4) is 0 Å². The molecule has 0 radical (unpaired) electrons. The SMILES string of the molecule is CNC(C(=O)C1CCC(c2csc3ccccc23)CC1)=C(C)C. The van der Waals surface area contributed by atoms with Crippen molar-refractivity contribution in [2.45, 2.75) is 45.4 Å². The zero-order chi connectivity index (χ0) is 16.4. The summed E-state index contributed by atoms with van der Waals surface area (Å²) in [5, 5.41) is 6.83. The lowest BCUT2D eigenvalue weighted by Gasteiger charge is -2.28. The number of allylic oxidation sites excluding steroid dienone is 2. The molecule has 1 saturated carbocycles. The zero-order valence-electron chi connectivity index (χ0n) is 14.2. The number of fused-ring (bicyclic) bond motifs is 1. The summed E-state index contributed by atoms with van der Waals surface area (Å²) < 4.78 is 1.38. The number of carbonyl (C=O) groups excluding carboxylic acids is 1. The highest BCUT2D eigenvalue weighted by Gasteiger charge is 2.29. The van der Waals surface area contributed by atoms with Crippen molar-refractivity contribution >= 4 is 27.2 Å². The quantitative estimate of drug-likeness (QED) is 0.776. The van der Waals surface area contributed by atoms with Gasteiger partial charge in [-0.3, -0.25) is 4.79 Å². The van der Waals surface area contributed by atoms with Gasteiger partial charge in [-0.2, -0.15) is 0 Å². The van der Waals surface area contributed by atoms with E-state index in [9.17, 15) is 4.79 Å². The number of rotatable bonds is 4. The lowest BCUT2D eigenvalue weighted by atomic mass is 9.76. The van der Waals surface area contributed by atoms with E-state index in [-0.39, 0.29) is 5.92 Å². The Morgan fingerprint density at radius 2 is 1.83 bits per heavy atom. The maximum Gasteiger partial charge on any atom is 0.181 e. The van der Waals surface area contributed by atoms with Gasteiger partial charge in [-0.15, -0.1) is 11.3 Å². The molecule has 1 aliphatic rings. The molecular weight excluding hydrogens is 302 g/mol. The van der Waals surface area contributed by atoms with E-state index >= 15 is 0 Å². The minimum absolute atomic E-state index is 0.188. The fourth-order valence-electron chi connectivity index (χ4n) is 3.80. The summed E-state index contributed by atoms with van der Waals surface area (Å²) in [5.41, 5.74) is 3.39. The molecule has 0 atom stereocenters. The molecule has 0 unspecified atom stereocenters. The van der Waals surface area contributed by atoms with Crippen molar-refractivity contribution in [1.29, 1.82) is 0 Å². The van der Waals surface area contributed by atoms with Gasteiger partial charge in [0.2, 0.25) is 0 Å². The van der Waals surface area contributed by atoms with Gasteiger partial charge < -0.3 is 5.32 Å². The summed E-state index contributed by atoms with van der Waals surface area (Å²) in [4.78, 5) is 12.7. The summed E-state index contributed by atoms with van der Waals surface area (Å²) in [6.45, 7) is 4.01. The number of hydrogen-bond acceptors (Lipinski definition) is 3. The van der Waals surface area contributed by atoms with Crippen LogP contribution in [-0.2, 0) is 4.79 Å². The molecule has 1 fully saturated rings. The Kier molecular flexibility index (Phi) is 4.86. The first-order valence-electron chi connectivity index (χ1n) is 8.47. The fourth-order valence-corrected chi connectivity index (χ4v) is 4.85. The number of Topliss-reactive ketones (excluding diaryl/α,β-unsaturated/α-hetero) is 1. The second-order valence-corrected chi connectivity index (χ2v) is 7.64. The first-order valence-corrected chi connectivity index (χ1v) is 9.35. The molecule has 0 bridgehead atoms. The minimum Gasteiger partial charge on any atom is -0.385 e. The van der Waals surface area contributed by atoms with Gasteiger partial charge in [0.15, 0.2) is 5.78 Å².